The average molecular weight is 339 g/mol. The van der Waals surface area contributed by atoms with E-state index in [1.165, 1.54) is 6.20 Å². The molecule has 0 amide bonds. The number of rotatable bonds is 6. The van der Waals surface area contributed by atoms with E-state index in [0.717, 1.165) is 5.56 Å². The normalized spacial score (nSPS) is 10.4. The Hall–Kier alpha value is -2.72. The Bertz CT molecular complexity index is 838. The van der Waals surface area contributed by atoms with E-state index in [1.807, 2.05) is 36.4 Å². The van der Waals surface area contributed by atoms with Crippen LogP contribution in [0.15, 0.2) is 66.9 Å². The first-order valence-electron chi connectivity index (χ1n) is 7.48. The molecule has 0 aliphatic heterocycles. The molecule has 1 heterocycles. The van der Waals surface area contributed by atoms with Crippen LogP contribution in [0.3, 0.4) is 0 Å². The Labute approximate surface area is 145 Å². The van der Waals surface area contributed by atoms with Crippen molar-refractivity contribution < 1.29 is 9.53 Å². The van der Waals surface area contributed by atoms with Gasteiger partial charge >= 0.3 is 0 Å². The molecule has 0 saturated carbocycles. The van der Waals surface area contributed by atoms with Gasteiger partial charge in [-0.2, -0.15) is 0 Å². The molecule has 0 aliphatic rings. The molecule has 0 saturated heterocycles. The van der Waals surface area contributed by atoms with Crippen molar-refractivity contribution in [1.82, 2.24) is 9.97 Å². The van der Waals surface area contributed by atoms with Crippen LogP contribution < -0.4 is 4.74 Å². The highest BCUT2D eigenvalue weighted by Crippen LogP contribution is 2.17. The molecule has 0 unspecified atom stereocenters. The average Bonchev–Trinajstić information content (AvgIpc) is 2.61. The van der Waals surface area contributed by atoms with Crippen molar-refractivity contribution in [2.45, 2.75) is 13.0 Å². The minimum absolute atomic E-state index is 0.0464. The lowest BCUT2D eigenvalue weighted by Gasteiger charge is -2.08. The van der Waals surface area contributed by atoms with Crippen molar-refractivity contribution in [2.75, 3.05) is 0 Å². The van der Waals surface area contributed by atoms with E-state index in [-0.39, 0.29) is 17.5 Å². The van der Waals surface area contributed by atoms with Gasteiger partial charge in [0, 0.05) is 11.8 Å². The third-order valence-corrected chi connectivity index (χ3v) is 3.61. The van der Waals surface area contributed by atoms with Gasteiger partial charge in [-0.05, 0) is 35.4 Å². The van der Waals surface area contributed by atoms with Crippen LogP contribution in [-0.4, -0.2) is 15.8 Å². The highest BCUT2D eigenvalue weighted by molar-refractivity contribution is 6.28. The maximum atomic E-state index is 12.4. The van der Waals surface area contributed by atoms with E-state index in [2.05, 4.69) is 9.97 Å². The van der Waals surface area contributed by atoms with Crippen molar-refractivity contribution in [3.8, 4) is 5.75 Å². The minimum Gasteiger partial charge on any atom is -0.489 e. The summed E-state index contributed by atoms with van der Waals surface area (Å²) in [7, 11) is 0. The van der Waals surface area contributed by atoms with Crippen LogP contribution in [0.5, 0.6) is 5.75 Å². The number of aromatic nitrogens is 2. The van der Waals surface area contributed by atoms with E-state index in [9.17, 15) is 4.79 Å². The zero-order chi connectivity index (χ0) is 16.8. The Kier molecular flexibility index (Phi) is 5.18. The van der Waals surface area contributed by atoms with Gasteiger partial charge in [0.25, 0.3) is 0 Å². The second-order valence-corrected chi connectivity index (χ2v) is 5.56. The van der Waals surface area contributed by atoms with Gasteiger partial charge < -0.3 is 4.74 Å². The molecule has 0 atom stereocenters. The largest absolute Gasteiger partial charge is 0.489 e. The quantitative estimate of drug-likeness (QED) is 0.501. The number of ether oxygens (including phenoxy) is 1. The van der Waals surface area contributed by atoms with Crippen molar-refractivity contribution in [3.05, 3.63) is 89.0 Å². The van der Waals surface area contributed by atoms with Gasteiger partial charge in [-0.3, -0.25) is 4.79 Å². The molecule has 1 aromatic heterocycles. The maximum Gasteiger partial charge on any atom is 0.222 e. The molecule has 24 heavy (non-hydrogen) atoms. The van der Waals surface area contributed by atoms with Gasteiger partial charge in [0.15, 0.2) is 5.78 Å². The van der Waals surface area contributed by atoms with Crippen LogP contribution in [-0.2, 0) is 13.0 Å². The van der Waals surface area contributed by atoms with Gasteiger partial charge in [-0.1, -0.05) is 42.5 Å². The number of hydrogen-bond donors (Lipinski definition) is 0. The summed E-state index contributed by atoms with van der Waals surface area (Å²) in [6, 6.07) is 18.7. The molecule has 0 N–H and O–H groups in total. The standard InChI is InChI=1S/C19H15ClN2O2/c20-19-21-10-9-16(22-19)12-18(23)15-7-4-8-17(11-15)24-13-14-5-2-1-3-6-14/h1-11H,12-13H2. The Morgan fingerprint density at radius 2 is 1.88 bits per heavy atom. The van der Waals surface area contributed by atoms with Gasteiger partial charge in [0.1, 0.15) is 12.4 Å². The van der Waals surface area contributed by atoms with E-state index in [0.29, 0.717) is 23.6 Å². The summed E-state index contributed by atoms with van der Waals surface area (Å²) in [5.41, 5.74) is 2.25. The third kappa shape index (κ3) is 4.40. The van der Waals surface area contributed by atoms with Gasteiger partial charge in [0.05, 0.1) is 12.1 Å². The van der Waals surface area contributed by atoms with Gasteiger partial charge in [-0.25, -0.2) is 9.97 Å². The number of Topliss-reactive ketones (excluding diaryl/α,β-unsaturated/α-hetero) is 1. The number of benzene rings is 2. The fraction of sp³-hybridized carbons (Fsp3) is 0.105. The molecule has 0 radical (unpaired) electrons. The molecule has 2 aromatic carbocycles. The number of carbonyl (C=O) groups excluding carboxylic acids is 1. The van der Waals surface area contributed by atoms with Crippen LogP contribution in [0, 0.1) is 0 Å². The van der Waals surface area contributed by atoms with Gasteiger partial charge in [0.2, 0.25) is 5.28 Å². The first kappa shape index (κ1) is 16.1. The molecular weight excluding hydrogens is 324 g/mol. The molecule has 0 aliphatic carbocycles. The minimum atomic E-state index is -0.0464. The summed E-state index contributed by atoms with van der Waals surface area (Å²) in [4.78, 5) is 20.2. The molecular formula is C19H15ClN2O2. The lowest BCUT2D eigenvalue weighted by atomic mass is 10.1. The first-order chi connectivity index (χ1) is 11.7. The van der Waals surface area contributed by atoms with E-state index in [1.54, 1.807) is 24.3 Å². The van der Waals surface area contributed by atoms with E-state index >= 15 is 0 Å². The molecule has 0 spiro atoms. The monoisotopic (exact) mass is 338 g/mol. The molecule has 4 nitrogen and oxygen atoms in total. The zero-order valence-electron chi connectivity index (χ0n) is 12.9. The van der Waals surface area contributed by atoms with Crippen molar-refractivity contribution in [3.63, 3.8) is 0 Å². The number of halogens is 1. The van der Waals surface area contributed by atoms with Gasteiger partial charge in [-0.15, -0.1) is 0 Å². The molecule has 120 valence electrons. The second kappa shape index (κ2) is 7.70. The van der Waals surface area contributed by atoms with Crippen LogP contribution in [0.25, 0.3) is 0 Å². The fourth-order valence-electron chi connectivity index (χ4n) is 2.23. The van der Waals surface area contributed by atoms with Crippen LogP contribution >= 0.6 is 11.6 Å². The van der Waals surface area contributed by atoms with E-state index < -0.39 is 0 Å². The molecule has 3 aromatic rings. The van der Waals surface area contributed by atoms with Crippen molar-refractivity contribution in [1.29, 1.82) is 0 Å². The number of nitrogens with zero attached hydrogens (tertiary/aromatic N) is 2. The second-order valence-electron chi connectivity index (χ2n) is 5.22. The zero-order valence-corrected chi connectivity index (χ0v) is 13.6. The maximum absolute atomic E-state index is 12.4. The lowest BCUT2D eigenvalue weighted by molar-refractivity contribution is 0.0991. The fourth-order valence-corrected chi connectivity index (χ4v) is 2.40. The van der Waals surface area contributed by atoms with E-state index in [4.69, 9.17) is 16.3 Å². The van der Waals surface area contributed by atoms with Crippen LogP contribution in [0.1, 0.15) is 21.6 Å². The summed E-state index contributed by atoms with van der Waals surface area (Å²) < 4.78 is 5.75. The predicted octanol–water partition coefficient (Wildman–Crippen LogP) is 4.13. The molecule has 0 bridgehead atoms. The van der Waals surface area contributed by atoms with Crippen molar-refractivity contribution in [2.24, 2.45) is 0 Å². The van der Waals surface area contributed by atoms with Crippen LogP contribution in [0.4, 0.5) is 0 Å². The number of ketones is 1. The highest BCUT2D eigenvalue weighted by Gasteiger charge is 2.10. The predicted molar refractivity (Wildman–Crippen MR) is 92.3 cm³/mol. The molecule has 0 fully saturated rings. The summed E-state index contributed by atoms with van der Waals surface area (Å²) in [5.74, 6) is 0.611. The SMILES string of the molecule is O=C(Cc1ccnc(Cl)n1)c1cccc(OCc2ccccc2)c1. The first-order valence-corrected chi connectivity index (χ1v) is 7.86. The summed E-state index contributed by atoms with van der Waals surface area (Å²) >= 11 is 5.75. The van der Waals surface area contributed by atoms with Crippen molar-refractivity contribution >= 4 is 17.4 Å². The Morgan fingerprint density at radius 3 is 2.67 bits per heavy atom. The Morgan fingerprint density at radius 1 is 1.04 bits per heavy atom. The third-order valence-electron chi connectivity index (χ3n) is 3.43. The number of carbonyl (C=O) groups is 1. The highest BCUT2D eigenvalue weighted by atomic mass is 35.5. The Balaban J connectivity index is 1.67. The smallest absolute Gasteiger partial charge is 0.222 e. The molecule has 5 heteroatoms. The molecule has 3 rings (SSSR count). The van der Waals surface area contributed by atoms with Crippen LogP contribution in [0.2, 0.25) is 5.28 Å². The lowest BCUT2D eigenvalue weighted by Crippen LogP contribution is -2.06. The number of hydrogen-bond acceptors (Lipinski definition) is 4. The summed E-state index contributed by atoms with van der Waals surface area (Å²) in [5, 5.41) is 0.139. The topological polar surface area (TPSA) is 52.1 Å². The summed E-state index contributed by atoms with van der Waals surface area (Å²) in [6.45, 7) is 0.458. The summed E-state index contributed by atoms with van der Waals surface area (Å²) in [6.07, 6.45) is 1.71.